The number of aromatic hydroxyl groups is 1. The Morgan fingerprint density at radius 2 is 1.49 bits per heavy atom. The summed E-state index contributed by atoms with van der Waals surface area (Å²) in [4.78, 5) is 26.9. The van der Waals surface area contributed by atoms with E-state index in [9.17, 15) is 30.0 Å². The van der Waals surface area contributed by atoms with E-state index in [1.54, 1.807) is 45.0 Å². The van der Waals surface area contributed by atoms with E-state index in [4.69, 9.17) is 9.47 Å². The van der Waals surface area contributed by atoms with Crippen molar-refractivity contribution in [3.63, 3.8) is 0 Å². The molecule has 1 aromatic rings. The molecule has 4 saturated carbocycles. The summed E-state index contributed by atoms with van der Waals surface area (Å²) in [5.41, 5.74) is -2.23. The number of phenols is 1. The Balaban J connectivity index is 1.34. The third kappa shape index (κ3) is 8.14. The number of hydrogen-bond donors (Lipinski definition) is 5. The maximum absolute atomic E-state index is 14.0. The molecule has 0 aromatic heterocycles. The molecule has 0 heterocycles. The Labute approximate surface area is 319 Å². The van der Waals surface area contributed by atoms with Gasteiger partial charge in [-0.3, -0.25) is 0 Å². The number of aliphatic hydroxyl groups is 3. The molecule has 0 saturated heterocycles. The molecule has 11 atom stereocenters. The van der Waals surface area contributed by atoms with E-state index in [1.165, 1.54) is 0 Å². The first-order chi connectivity index (χ1) is 24.2. The van der Waals surface area contributed by atoms with Crippen LogP contribution in [0.4, 0.5) is 4.79 Å². The summed E-state index contributed by atoms with van der Waals surface area (Å²) in [5.74, 6) is 0.162. The Hall–Kier alpha value is -2.36. The van der Waals surface area contributed by atoms with Crippen molar-refractivity contribution >= 4 is 12.1 Å². The largest absolute Gasteiger partial charge is 0.508 e. The number of rotatable bonds is 10. The van der Waals surface area contributed by atoms with Gasteiger partial charge in [-0.05, 0) is 163 Å². The van der Waals surface area contributed by atoms with Gasteiger partial charge in [0.25, 0.3) is 0 Å². The molecule has 5 N–H and O–H groups in total. The highest BCUT2D eigenvalue weighted by Crippen LogP contribution is 2.76. The zero-order valence-electron chi connectivity index (χ0n) is 34.6. The lowest BCUT2D eigenvalue weighted by atomic mass is 9.35. The number of phenolic OH excluding ortho intramolecular Hbond substituents is 1. The van der Waals surface area contributed by atoms with Crippen molar-refractivity contribution in [1.29, 1.82) is 0 Å². The normalized spacial score (nSPS) is 36.9. The lowest BCUT2D eigenvalue weighted by Gasteiger charge is -2.70. The molecule has 0 unspecified atom stereocenters. The summed E-state index contributed by atoms with van der Waals surface area (Å²) >= 11 is 0. The van der Waals surface area contributed by atoms with Crippen molar-refractivity contribution in [3.05, 3.63) is 29.8 Å². The zero-order valence-corrected chi connectivity index (χ0v) is 34.6. The van der Waals surface area contributed by atoms with Crippen LogP contribution in [0.15, 0.2) is 24.3 Å². The smallest absolute Gasteiger partial charge is 0.408 e. The topological polar surface area (TPSA) is 146 Å². The summed E-state index contributed by atoms with van der Waals surface area (Å²) in [6, 6.07) is 5.62. The van der Waals surface area contributed by atoms with E-state index >= 15 is 0 Å². The molecular formula is C44H71NO8. The minimum atomic E-state index is -0.971. The van der Waals surface area contributed by atoms with Gasteiger partial charge in [0.05, 0.1) is 17.3 Å². The first kappa shape index (κ1) is 41.8. The molecule has 9 heteroatoms. The van der Waals surface area contributed by atoms with Crippen LogP contribution in [0.1, 0.15) is 146 Å². The number of carbonyl (C=O) groups excluding carboxylic acids is 2. The van der Waals surface area contributed by atoms with Crippen molar-refractivity contribution in [1.82, 2.24) is 5.32 Å². The molecule has 300 valence electrons. The number of amides is 1. The van der Waals surface area contributed by atoms with Gasteiger partial charge in [-0.2, -0.15) is 0 Å². The molecule has 4 fully saturated rings. The average Bonchev–Trinajstić information content (AvgIpc) is 3.39. The van der Waals surface area contributed by atoms with Crippen LogP contribution in [-0.4, -0.2) is 67.5 Å². The minimum Gasteiger partial charge on any atom is -0.508 e. The zero-order chi connectivity index (χ0) is 39.6. The number of esters is 1. The summed E-state index contributed by atoms with van der Waals surface area (Å²) < 4.78 is 11.9. The lowest BCUT2D eigenvalue weighted by Crippen LogP contribution is -2.67. The third-order valence-electron chi connectivity index (χ3n) is 15.2. The Bertz CT molecular complexity index is 1480. The fourth-order valence-electron chi connectivity index (χ4n) is 12.4. The molecule has 0 radical (unpaired) electrons. The Morgan fingerprint density at radius 1 is 0.868 bits per heavy atom. The fraction of sp³-hybridized carbons (Fsp3) is 0.818. The number of hydrogen-bond acceptors (Lipinski definition) is 8. The van der Waals surface area contributed by atoms with E-state index in [0.717, 1.165) is 44.1 Å². The first-order valence-corrected chi connectivity index (χ1v) is 20.3. The molecule has 1 aromatic carbocycles. The van der Waals surface area contributed by atoms with Gasteiger partial charge in [-0.15, -0.1) is 0 Å². The second-order valence-corrected chi connectivity index (χ2v) is 20.8. The van der Waals surface area contributed by atoms with Crippen molar-refractivity contribution < 1.29 is 39.5 Å². The van der Waals surface area contributed by atoms with Crippen LogP contribution in [0.25, 0.3) is 0 Å². The van der Waals surface area contributed by atoms with Crippen LogP contribution >= 0.6 is 0 Å². The molecule has 0 spiro atoms. The van der Waals surface area contributed by atoms with Crippen molar-refractivity contribution in [3.8, 4) is 5.75 Å². The number of alkyl carbamates (subject to hydrolysis) is 1. The standard InChI is InChI=1S/C44H71NO8/c1-38(2,3)53-37(49)45-30(25-27-13-15-28(46)16-14-27)36(48)52-34-19-22-41(8)32(40(34,6)7)18-24-42(9)33(41)26-31(47)35-29(17-23-43(35,42)10)44(11,51)21-12-20-39(4,5)50/h13-16,29-35,46-47,50-51H,12,17-26H2,1-11H3,(H,45,49)/t29-,30-,31+,32-,33+,34-,35-,41-,42+,43+,44+/m0/s1. The molecule has 0 aliphatic heterocycles. The van der Waals surface area contributed by atoms with Crippen LogP contribution in [0.5, 0.6) is 5.75 Å². The van der Waals surface area contributed by atoms with E-state index in [2.05, 4.69) is 39.9 Å². The molecule has 1 amide bonds. The monoisotopic (exact) mass is 742 g/mol. The van der Waals surface area contributed by atoms with E-state index in [1.807, 2.05) is 20.8 Å². The van der Waals surface area contributed by atoms with Crippen LogP contribution in [0.2, 0.25) is 0 Å². The van der Waals surface area contributed by atoms with Gasteiger partial charge < -0.3 is 35.2 Å². The highest BCUT2D eigenvalue weighted by molar-refractivity contribution is 5.82. The number of nitrogens with one attached hydrogen (secondary N) is 1. The number of aliphatic hydroxyl groups excluding tert-OH is 1. The predicted octanol–water partition coefficient (Wildman–Crippen LogP) is 8.09. The maximum Gasteiger partial charge on any atom is 0.408 e. The molecular weight excluding hydrogens is 670 g/mol. The Kier molecular flexibility index (Phi) is 11.3. The average molecular weight is 742 g/mol. The quantitative estimate of drug-likeness (QED) is 0.151. The lowest BCUT2D eigenvalue weighted by molar-refractivity contribution is -0.249. The maximum atomic E-state index is 14.0. The highest BCUT2D eigenvalue weighted by Gasteiger charge is 2.71. The van der Waals surface area contributed by atoms with Gasteiger partial charge in [0.2, 0.25) is 0 Å². The molecule has 4 aliphatic carbocycles. The van der Waals surface area contributed by atoms with Gasteiger partial charge in [-0.1, -0.05) is 46.8 Å². The van der Waals surface area contributed by atoms with Crippen LogP contribution in [-0.2, 0) is 20.7 Å². The van der Waals surface area contributed by atoms with Gasteiger partial charge in [0, 0.05) is 11.8 Å². The Morgan fingerprint density at radius 3 is 2.09 bits per heavy atom. The molecule has 4 aliphatic rings. The van der Waals surface area contributed by atoms with Gasteiger partial charge in [-0.25, -0.2) is 9.59 Å². The van der Waals surface area contributed by atoms with Gasteiger partial charge in [0.1, 0.15) is 23.5 Å². The number of ether oxygens (including phenoxy) is 2. The second-order valence-electron chi connectivity index (χ2n) is 20.8. The molecule has 9 nitrogen and oxygen atoms in total. The van der Waals surface area contributed by atoms with E-state index < -0.39 is 41.0 Å². The number of fused-ring (bicyclic) bond motifs is 5. The molecule has 53 heavy (non-hydrogen) atoms. The summed E-state index contributed by atoms with van der Waals surface area (Å²) in [5, 5.41) is 47.0. The van der Waals surface area contributed by atoms with E-state index in [0.29, 0.717) is 25.7 Å². The summed E-state index contributed by atoms with van der Waals surface area (Å²) in [7, 11) is 0. The SMILES string of the molecule is CC(C)(O)CCC[C@@](C)(O)[C@H]1CC[C@]2(C)[C@@H]1[C@H](O)C[C@@H]1[C@@]3(C)CC[C@H](OC(=O)[C@H](Cc4ccc(O)cc4)NC(=O)OC(C)(C)C)C(C)(C)[C@@H]3CC[C@]12C. The summed E-state index contributed by atoms with van der Waals surface area (Å²) in [6.07, 6.45) is 6.74. The fourth-order valence-corrected chi connectivity index (χ4v) is 12.4. The predicted molar refractivity (Wildman–Crippen MR) is 206 cm³/mol. The third-order valence-corrected chi connectivity index (χ3v) is 15.2. The van der Waals surface area contributed by atoms with Crippen LogP contribution in [0, 0.1) is 45.3 Å². The van der Waals surface area contributed by atoms with Crippen LogP contribution < -0.4 is 5.32 Å². The highest BCUT2D eigenvalue weighted by atomic mass is 16.6. The van der Waals surface area contributed by atoms with Crippen molar-refractivity contribution in [2.75, 3.05) is 0 Å². The van der Waals surface area contributed by atoms with Crippen molar-refractivity contribution in [2.45, 2.75) is 182 Å². The summed E-state index contributed by atoms with van der Waals surface area (Å²) in [6.45, 7) is 22.7. The number of carbonyl (C=O) groups is 2. The van der Waals surface area contributed by atoms with Gasteiger partial charge >= 0.3 is 12.1 Å². The van der Waals surface area contributed by atoms with Crippen molar-refractivity contribution in [2.24, 2.45) is 45.3 Å². The first-order valence-electron chi connectivity index (χ1n) is 20.3. The number of benzene rings is 1. The minimum absolute atomic E-state index is 0.00279. The van der Waals surface area contributed by atoms with Crippen LogP contribution in [0.3, 0.4) is 0 Å². The molecule has 0 bridgehead atoms. The van der Waals surface area contributed by atoms with Gasteiger partial charge in [0.15, 0.2) is 0 Å². The second kappa shape index (κ2) is 14.3. The van der Waals surface area contributed by atoms with E-state index in [-0.39, 0.29) is 63.6 Å². The molecule has 5 rings (SSSR count).